The van der Waals surface area contributed by atoms with Crippen LogP contribution < -0.4 is 21.2 Å². The molecule has 0 radical (unpaired) electrons. The topological polar surface area (TPSA) is 34.1 Å². The van der Waals surface area contributed by atoms with Crippen LogP contribution in [0.5, 0.6) is 0 Å². The summed E-state index contributed by atoms with van der Waals surface area (Å²) in [6.45, 7) is 0. The Balaban J connectivity index is 1.32. The van der Waals surface area contributed by atoms with E-state index in [9.17, 15) is 9.13 Å². The average molecular weight is 525 g/mol. The molecular weight excluding hydrogens is 490 g/mol. The van der Waals surface area contributed by atoms with Crippen molar-refractivity contribution in [3.8, 4) is 0 Å². The van der Waals surface area contributed by atoms with E-state index < -0.39 is 14.3 Å². The molecule has 4 aromatic rings. The SMILES string of the molecule is O=P(CCC=CCC=CCCP(=O)(c1ccccc1)c1ccccc1)(c1ccccc1)c1ccccc1. The van der Waals surface area contributed by atoms with E-state index in [1.54, 1.807) is 0 Å². The molecule has 37 heavy (non-hydrogen) atoms. The molecule has 0 N–H and O–H groups in total. The Morgan fingerprint density at radius 1 is 0.405 bits per heavy atom. The van der Waals surface area contributed by atoms with E-state index in [2.05, 4.69) is 24.3 Å². The van der Waals surface area contributed by atoms with Gasteiger partial charge in [-0.3, -0.25) is 0 Å². The predicted molar refractivity (Wildman–Crippen MR) is 161 cm³/mol. The van der Waals surface area contributed by atoms with E-state index in [1.807, 2.05) is 121 Å². The Morgan fingerprint density at radius 3 is 0.946 bits per heavy atom. The van der Waals surface area contributed by atoms with Crippen LogP contribution in [0.1, 0.15) is 19.3 Å². The summed E-state index contributed by atoms with van der Waals surface area (Å²) < 4.78 is 28.1. The van der Waals surface area contributed by atoms with Crippen LogP contribution in [0.3, 0.4) is 0 Å². The third kappa shape index (κ3) is 6.98. The quantitative estimate of drug-likeness (QED) is 0.144. The Hall–Kier alpha value is -3.18. The average Bonchev–Trinajstić information content (AvgIpc) is 2.98. The van der Waals surface area contributed by atoms with Crippen LogP contribution in [0.2, 0.25) is 0 Å². The Morgan fingerprint density at radius 2 is 0.676 bits per heavy atom. The highest BCUT2D eigenvalue weighted by molar-refractivity contribution is 7.79. The molecule has 188 valence electrons. The first-order valence-electron chi connectivity index (χ1n) is 12.8. The van der Waals surface area contributed by atoms with Gasteiger partial charge in [-0.05, 0) is 19.3 Å². The van der Waals surface area contributed by atoms with E-state index >= 15 is 0 Å². The maximum Gasteiger partial charge on any atom is 0.143 e. The molecule has 0 aliphatic rings. The van der Waals surface area contributed by atoms with Crippen LogP contribution in [-0.2, 0) is 9.13 Å². The van der Waals surface area contributed by atoms with Crippen molar-refractivity contribution < 1.29 is 9.13 Å². The fraction of sp³-hybridized carbons (Fsp3) is 0.152. The van der Waals surface area contributed by atoms with Crippen LogP contribution in [0, 0.1) is 0 Å². The monoisotopic (exact) mass is 524 g/mol. The molecule has 4 rings (SSSR count). The lowest BCUT2D eigenvalue weighted by Crippen LogP contribution is -2.18. The number of hydrogen-bond acceptors (Lipinski definition) is 2. The molecule has 0 spiro atoms. The molecule has 0 atom stereocenters. The molecule has 0 aliphatic carbocycles. The van der Waals surface area contributed by atoms with E-state index in [0.29, 0.717) is 12.3 Å². The molecule has 0 saturated carbocycles. The Labute approximate surface area is 221 Å². The first-order chi connectivity index (χ1) is 18.1. The zero-order valence-corrected chi connectivity index (χ0v) is 22.9. The van der Waals surface area contributed by atoms with Crippen molar-refractivity contribution in [2.75, 3.05) is 12.3 Å². The predicted octanol–water partition coefficient (Wildman–Crippen LogP) is 7.30. The largest absolute Gasteiger partial charge is 0.314 e. The fourth-order valence-corrected chi connectivity index (χ4v) is 9.78. The Kier molecular flexibility index (Phi) is 9.72. The van der Waals surface area contributed by atoms with Gasteiger partial charge in [-0.1, -0.05) is 146 Å². The van der Waals surface area contributed by atoms with Gasteiger partial charge in [0.2, 0.25) is 0 Å². The summed E-state index contributed by atoms with van der Waals surface area (Å²) in [5.74, 6) is 0. The summed E-state index contributed by atoms with van der Waals surface area (Å²) >= 11 is 0. The van der Waals surface area contributed by atoms with Crippen molar-refractivity contribution in [1.29, 1.82) is 0 Å². The Bertz CT molecular complexity index is 1180. The van der Waals surface area contributed by atoms with Crippen LogP contribution in [-0.4, -0.2) is 12.3 Å². The molecule has 0 fully saturated rings. The van der Waals surface area contributed by atoms with Gasteiger partial charge < -0.3 is 9.13 Å². The van der Waals surface area contributed by atoms with Crippen molar-refractivity contribution in [2.45, 2.75) is 19.3 Å². The molecule has 0 aliphatic heterocycles. The zero-order chi connectivity index (χ0) is 25.8. The van der Waals surface area contributed by atoms with Crippen molar-refractivity contribution in [1.82, 2.24) is 0 Å². The molecule has 4 heteroatoms. The van der Waals surface area contributed by atoms with Gasteiger partial charge in [-0.25, -0.2) is 0 Å². The first-order valence-corrected chi connectivity index (χ1v) is 16.6. The minimum absolute atomic E-state index is 0.610. The first kappa shape index (κ1) is 26.9. The third-order valence-corrected chi connectivity index (χ3v) is 12.8. The van der Waals surface area contributed by atoms with Gasteiger partial charge in [0.25, 0.3) is 0 Å². The van der Waals surface area contributed by atoms with Crippen LogP contribution >= 0.6 is 14.3 Å². The molecule has 0 heterocycles. The normalized spacial score (nSPS) is 12.3. The van der Waals surface area contributed by atoms with Crippen molar-refractivity contribution in [3.63, 3.8) is 0 Å². The van der Waals surface area contributed by atoms with Gasteiger partial charge in [0.15, 0.2) is 0 Å². The molecule has 0 aromatic heterocycles. The van der Waals surface area contributed by atoms with Crippen LogP contribution in [0.15, 0.2) is 146 Å². The highest BCUT2D eigenvalue weighted by Gasteiger charge is 2.26. The summed E-state index contributed by atoms with van der Waals surface area (Å²) in [4.78, 5) is 0. The summed E-state index contributed by atoms with van der Waals surface area (Å²) in [6, 6.07) is 39.3. The third-order valence-electron chi connectivity index (χ3n) is 6.52. The van der Waals surface area contributed by atoms with Crippen molar-refractivity contribution >= 4 is 35.5 Å². The van der Waals surface area contributed by atoms with Crippen LogP contribution in [0.4, 0.5) is 0 Å². The van der Waals surface area contributed by atoms with Gasteiger partial charge in [-0.2, -0.15) is 0 Å². The number of allylic oxidation sites excluding steroid dienone is 4. The van der Waals surface area contributed by atoms with Gasteiger partial charge >= 0.3 is 0 Å². The zero-order valence-electron chi connectivity index (χ0n) is 21.1. The lowest BCUT2D eigenvalue weighted by molar-refractivity contribution is 0.586. The van der Waals surface area contributed by atoms with Gasteiger partial charge in [-0.15, -0.1) is 0 Å². The molecule has 4 aromatic carbocycles. The van der Waals surface area contributed by atoms with E-state index in [4.69, 9.17) is 0 Å². The second-order valence-corrected chi connectivity index (χ2v) is 14.9. The number of rotatable bonds is 12. The maximum absolute atomic E-state index is 14.0. The summed E-state index contributed by atoms with van der Waals surface area (Å²) in [6.07, 6.45) is 12.1. The summed E-state index contributed by atoms with van der Waals surface area (Å²) in [5, 5.41) is 3.65. The lowest BCUT2D eigenvalue weighted by atomic mass is 10.3. The van der Waals surface area contributed by atoms with Gasteiger partial charge in [0, 0.05) is 33.5 Å². The number of benzene rings is 4. The summed E-state index contributed by atoms with van der Waals surface area (Å²) in [7, 11) is -5.34. The summed E-state index contributed by atoms with van der Waals surface area (Å²) in [5.41, 5.74) is 0. The van der Waals surface area contributed by atoms with Crippen molar-refractivity contribution in [2.24, 2.45) is 0 Å². The molecule has 2 nitrogen and oxygen atoms in total. The minimum Gasteiger partial charge on any atom is -0.314 e. The molecular formula is C33H34O2P2. The van der Waals surface area contributed by atoms with E-state index in [1.165, 1.54) is 0 Å². The van der Waals surface area contributed by atoms with Gasteiger partial charge in [0.05, 0.1) is 0 Å². The van der Waals surface area contributed by atoms with E-state index in [0.717, 1.165) is 40.5 Å². The highest BCUT2D eigenvalue weighted by atomic mass is 31.2. The van der Waals surface area contributed by atoms with Crippen LogP contribution in [0.25, 0.3) is 0 Å². The maximum atomic E-state index is 14.0. The standard InChI is InChI=1S/C33H34O2P2/c34-36(30-20-10-6-11-21-30,31-22-12-7-13-23-31)28-18-4-2-1-3-5-19-29-37(35,32-24-14-8-15-25-32)33-26-16-9-17-27-33/h2-17,20-27H,1,18-19,28-29H2. The van der Waals surface area contributed by atoms with Gasteiger partial charge in [0.1, 0.15) is 14.3 Å². The number of hydrogen-bond donors (Lipinski definition) is 0. The molecule has 0 amide bonds. The second-order valence-electron chi connectivity index (χ2n) is 9.02. The van der Waals surface area contributed by atoms with Crippen molar-refractivity contribution in [3.05, 3.63) is 146 Å². The smallest absolute Gasteiger partial charge is 0.143 e. The highest BCUT2D eigenvalue weighted by Crippen LogP contribution is 2.44. The molecule has 0 bridgehead atoms. The minimum atomic E-state index is -2.67. The fourth-order valence-electron chi connectivity index (χ4n) is 4.51. The molecule has 0 unspecified atom stereocenters. The second kappa shape index (κ2) is 13.4. The van der Waals surface area contributed by atoms with E-state index in [-0.39, 0.29) is 0 Å². The lowest BCUT2D eigenvalue weighted by Gasteiger charge is -2.18. The molecule has 0 saturated heterocycles.